The monoisotopic (exact) mass is 274 g/mol. The number of aromatic nitrogens is 4. The van der Waals surface area contributed by atoms with Crippen LogP contribution in [0.5, 0.6) is 0 Å². The maximum absolute atomic E-state index is 12.1. The van der Waals surface area contributed by atoms with E-state index < -0.39 is 0 Å². The molecule has 0 aliphatic rings. The number of unbranched alkanes of at least 4 members (excludes halogenated alkanes) is 5. The van der Waals surface area contributed by atoms with Gasteiger partial charge in [0.25, 0.3) is 0 Å². The van der Waals surface area contributed by atoms with E-state index in [1.54, 1.807) is 0 Å². The van der Waals surface area contributed by atoms with Gasteiger partial charge in [-0.3, -0.25) is 0 Å². The van der Waals surface area contributed by atoms with Crippen LogP contribution in [0.1, 0.15) is 45.4 Å². The molecule has 1 aromatic heterocycles. The van der Waals surface area contributed by atoms with Gasteiger partial charge < -0.3 is 0 Å². The van der Waals surface area contributed by atoms with Gasteiger partial charge in [0, 0.05) is 6.54 Å². The maximum Gasteiger partial charge on any atom is 0.368 e. The van der Waals surface area contributed by atoms with E-state index >= 15 is 0 Å². The van der Waals surface area contributed by atoms with Gasteiger partial charge in [0.05, 0.1) is 5.69 Å². The van der Waals surface area contributed by atoms with Gasteiger partial charge in [-0.15, -0.1) is 0 Å². The number of aryl methyl sites for hydroxylation is 1. The zero-order valence-electron chi connectivity index (χ0n) is 12.0. The summed E-state index contributed by atoms with van der Waals surface area (Å²) in [7, 11) is 0. The Morgan fingerprint density at radius 3 is 2.40 bits per heavy atom. The van der Waals surface area contributed by atoms with Crippen LogP contribution < -0.4 is 5.69 Å². The fraction of sp³-hybridized carbons (Fsp3) is 0.533. The molecule has 0 fully saturated rings. The third-order valence-electron chi connectivity index (χ3n) is 3.36. The summed E-state index contributed by atoms with van der Waals surface area (Å²) in [6.45, 7) is 2.86. The molecule has 20 heavy (non-hydrogen) atoms. The van der Waals surface area contributed by atoms with Gasteiger partial charge in [-0.1, -0.05) is 57.2 Å². The standard InChI is InChI=1S/C15H22N4O/c1-2-3-4-5-6-10-13-18-15(20)19(17-16-18)14-11-8-7-9-12-14/h7-9,11-12H,2-6,10,13H2,1H3. The number of benzene rings is 1. The SMILES string of the molecule is CCCCCCCCn1nnn(-c2ccccc2)c1=O. The van der Waals surface area contributed by atoms with Crippen molar-refractivity contribution in [2.75, 3.05) is 0 Å². The predicted octanol–water partition coefficient (Wildman–Crippen LogP) is 2.79. The first-order valence-electron chi connectivity index (χ1n) is 7.41. The van der Waals surface area contributed by atoms with Crippen molar-refractivity contribution in [2.24, 2.45) is 0 Å². The first-order chi connectivity index (χ1) is 9.83. The van der Waals surface area contributed by atoms with Crippen LogP contribution in [0.3, 0.4) is 0 Å². The Balaban J connectivity index is 1.88. The van der Waals surface area contributed by atoms with Gasteiger partial charge in [0.2, 0.25) is 0 Å². The number of rotatable bonds is 8. The van der Waals surface area contributed by atoms with E-state index in [-0.39, 0.29) is 5.69 Å². The lowest BCUT2D eigenvalue weighted by atomic mass is 10.1. The smallest absolute Gasteiger partial charge is 0.244 e. The van der Waals surface area contributed by atoms with Crippen LogP contribution >= 0.6 is 0 Å². The van der Waals surface area contributed by atoms with Crippen molar-refractivity contribution in [3.8, 4) is 5.69 Å². The van der Waals surface area contributed by atoms with E-state index in [0.717, 1.165) is 18.5 Å². The summed E-state index contributed by atoms with van der Waals surface area (Å²) in [5, 5.41) is 7.87. The van der Waals surface area contributed by atoms with E-state index in [2.05, 4.69) is 17.4 Å². The zero-order valence-corrected chi connectivity index (χ0v) is 12.0. The van der Waals surface area contributed by atoms with Gasteiger partial charge in [0.1, 0.15) is 0 Å². The zero-order chi connectivity index (χ0) is 14.2. The van der Waals surface area contributed by atoms with Crippen LogP contribution in [-0.2, 0) is 6.54 Å². The molecule has 0 aliphatic carbocycles. The third kappa shape index (κ3) is 3.79. The lowest BCUT2D eigenvalue weighted by Gasteiger charge is -2.00. The Morgan fingerprint density at radius 2 is 1.65 bits per heavy atom. The summed E-state index contributed by atoms with van der Waals surface area (Å²) < 4.78 is 2.80. The highest BCUT2D eigenvalue weighted by atomic mass is 16.2. The third-order valence-corrected chi connectivity index (χ3v) is 3.36. The second kappa shape index (κ2) is 7.62. The number of hydrogen-bond donors (Lipinski definition) is 0. The first kappa shape index (κ1) is 14.5. The van der Waals surface area contributed by atoms with Crippen LogP contribution in [0.4, 0.5) is 0 Å². The summed E-state index contributed by atoms with van der Waals surface area (Å²) in [4.78, 5) is 12.1. The molecule has 0 aliphatic heterocycles. The quantitative estimate of drug-likeness (QED) is 0.695. The average Bonchev–Trinajstić information content (AvgIpc) is 2.85. The number of para-hydroxylation sites is 1. The molecule has 5 heteroatoms. The summed E-state index contributed by atoms with van der Waals surface area (Å²) >= 11 is 0. The Bertz CT molecular complexity index is 559. The number of hydrogen-bond acceptors (Lipinski definition) is 3. The lowest BCUT2D eigenvalue weighted by molar-refractivity contribution is 0.507. The van der Waals surface area contributed by atoms with Crippen molar-refractivity contribution in [1.29, 1.82) is 0 Å². The Hall–Kier alpha value is -1.91. The van der Waals surface area contributed by atoms with Crippen LogP contribution in [0.15, 0.2) is 35.1 Å². The number of tetrazole rings is 1. The fourth-order valence-electron chi connectivity index (χ4n) is 2.19. The lowest BCUT2D eigenvalue weighted by Crippen LogP contribution is -2.24. The highest BCUT2D eigenvalue weighted by Gasteiger charge is 2.07. The van der Waals surface area contributed by atoms with E-state index in [0.29, 0.717) is 6.54 Å². The molecule has 0 saturated carbocycles. The maximum atomic E-state index is 12.1. The minimum Gasteiger partial charge on any atom is -0.244 e. The molecule has 2 rings (SSSR count). The minimum atomic E-state index is -0.162. The second-order valence-corrected chi connectivity index (χ2v) is 5.00. The van der Waals surface area contributed by atoms with E-state index in [1.165, 1.54) is 35.0 Å². The van der Waals surface area contributed by atoms with Gasteiger partial charge in [-0.25, -0.2) is 4.79 Å². The summed E-state index contributed by atoms with van der Waals surface area (Å²) in [5.41, 5.74) is 0.594. The molecule has 0 N–H and O–H groups in total. The summed E-state index contributed by atoms with van der Waals surface area (Å²) in [5.74, 6) is 0. The van der Waals surface area contributed by atoms with E-state index in [1.807, 2.05) is 30.3 Å². The second-order valence-electron chi connectivity index (χ2n) is 5.00. The minimum absolute atomic E-state index is 0.162. The molecular formula is C15H22N4O. The molecule has 0 unspecified atom stereocenters. The van der Waals surface area contributed by atoms with Crippen molar-refractivity contribution >= 4 is 0 Å². The van der Waals surface area contributed by atoms with Crippen molar-refractivity contribution in [1.82, 2.24) is 19.8 Å². The molecule has 0 spiro atoms. The van der Waals surface area contributed by atoms with Gasteiger partial charge in [0.15, 0.2) is 0 Å². The van der Waals surface area contributed by atoms with Crippen LogP contribution in [0, 0.1) is 0 Å². The molecule has 0 radical (unpaired) electrons. The molecule has 2 aromatic rings. The van der Waals surface area contributed by atoms with Crippen LogP contribution in [0.25, 0.3) is 5.69 Å². The molecule has 0 saturated heterocycles. The molecule has 0 bridgehead atoms. The van der Waals surface area contributed by atoms with Crippen molar-refractivity contribution in [2.45, 2.75) is 52.0 Å². The first-order valence-corrected chi connectivity index (χ1v) is 7.41. The molecule has 0 atom stereocenters. The molecule has 0 amide bonds. The van der Waals surface area contributed by atoms with E-state index in [9.17, 15) is 4.79 Å². The molecular weight excluding hydrogens is 252 g/mol. The van der Waals surface area contributed by atoms with E-state index in [4.69, 9.17) is 0 Å². The average molecular weight is 274 g/mol. The highest BCUT2D eigenvalue weighted by Crippen LogP contribution is 2.05. The van der Waals surface area contributed by atoms with Gasteiger partial charge in [-0.05, 0) is 29.0 Å². The molecule has 108 valence electrons. The Labute approximate surface area is 119 Å². The van der Waals surface area contributed by atoms with Crippen LogP contribution in [0.2, 0.25) is 0 Å². The normalized spacial score (nSPS) is 10.8. The summed E-state index contributed by atoms with van der Waals surface area (Å²) in [6, 6.07) is 9.38. The largest absolute Gasteiger partial charge is 0.368 e. The van der Waals surface area contributed by atoms with Gasteiger partial charge >= 0.3 is 5.69 Å². The number of nitrogens with zero attached hydrogens (tertiary/aromatic N) is 4. The predicted molar refractivity (Wildman–Crippen MR) is 79.0 cm³/mol. The van der Waals surface area contributed by atoms with Gasteiger partial charge in [-0.2, -0.15) is 9.36 Å². The van der Waals surface area contributed by atoms with Crippen molar-refractivity contribution in [3.63, 3.8) is 0 Å². The molecule has 5 nitrogen and oxygen atoms in total. The highest BCUT2D eigenvalue weighted by molar-refractivity contribution is 5.28. The summed E-state index contributed by atoms with van der Waals surface area (Å²) in [6.07, 6.45) is 7.19. The molecule has 1 aromatic carbocycles. The van der Waals surface area contributed by atoms with Crippen LogP contribution in [-0.4, -0.2) is 19.8 Å². The van der Waals surface area contributed by atoms with Crippen molar-refractivity contribution in [3.05, 3.63) is 40.8 Å². The topological polar surface area (TPSA) is 52.7 Å². The fourth-order valence-corrected chi connectivity index (χ4v) is 2.19. The Kier molecular flexibility index (Phi) is 5.53. The molecule has 1 heterocycles. The van der Waals surface area contributed by atoms with Crippen molar-refractivity contribution < 1.29 is 0 Å². The Morgan fingerprint density at radius 1 is 0.950 bits per heavy atom.